The number of fused-ring (bicyclic) bond motifs is 1. The molecular weight excluding hydrogens is 367 g/mol. The molecule has 1 heterocycles. The highest BCUT2D eigenvalue weighted by atomic mass is 19.1. The van der Waals surface area contributed by atoms with Crippen molar-refractivity contribution >= 4 is 11.6 Å². The van der Waals surface area contributed by atoms with Crippen LogP contribution in [0.25, 0.3) is 0 Å². The Morgan fingerprint density at radius 1 is 1.14 bits per heavy atom. The number of halogens is 1. The van der Waals surface area contributed by atoms with Crippen LogP contribution in [-0.4, -0.2) is 67.9 Å². The zero-order chi connectivity index (χ0) is 20.8. The molecule has 1 aliphatic heterocycles. The summed E-state index contributed by atoms with van der Waals surface area (Å²) in [7, 11) is 6.06. The van der Waals surface area contributed by atoms with E-state index >= 15 is 0 Å². The van der Waals surface area contributed by atoms with Crippen molar-refractivity contribution < 1.29 is 9.18 Å². The zero-order valence-electron chi connectivity index (χ0n) is 17.6. The molecule has 1 amide bonds. The van der Waals surface area contributed by atoms with Gasteiger partial charge in [0.15, 0.2) is 0 Å². The summed E-state index contributed by atoms with van der Waals surface area (Å²) in [4.78, 5) is 19.0. The highest BCUT2D eigenvalue weighted by Gasteiger charge is 2.19. The minimum Gasteiger partial charge on any atom is -0.376 e. The molecule has 5 nitrogen and oxygen atoms in total. The zero-order valence-corrected chi connectivity index (χ0v) is 17.6. The van der Waals surface area contributed by atoms with E-state index in [0.717, 1.165) is 31.7 Å². The first-order chi connectivity index (χ1) is 13.9. The molecule has 6 heteroatoms. The fraction of sp³-hybridized carbons (Fsp3) is 0.435. The second-order valence-corrected chi connectivity index (χ2v) is 7.99. The van der Waals surface area contributed by atoms with Crippen molar-refractivity contribution in [1.29, 1.82) is 0 Å². The summed E-state index contributed by atoms with van der Waals surface area (Å²) in [6.45, 7) is 3.71. The number of hydrogen-bond acceptors (Lipinski definition) is 4. The molecule has 0 saturated heterocycles. The van der Waals surface area contributed by atoms with Gasteiger partial charge in [-0.1, -0.05) is 30.3 Å². The van der Waals surface area contributed by atoms with Crippen LogP contribution in [0.2, 0.25) is 0 Å². The van der Waals surface area contributed by atoms with Crippen LogP contribution in [0, 0.1) is 5.82 Å². The van der Waals surface area contributed by atoms with E-state index in [4.69, 9.17) is 0 Å². The van der Waals surface area contributed by atoms with Gasteiger partial charge in [-0.2, -0.15) is 0 Å². The predicted octanol–water partition coefficient (Wildman–Crippen LogP) is 2.82. The van der Waals surface area contributed by atoms with Gasteiger partial charge < -0.3 is 20.0 Å². The molecule has 29 heavy (non-hydrogen) atoms. The van der Waals surface area contributed by atoms with E-state index in [1.54, 1.807) is 23.1 Å². The number of nitrogens with one attached hydrogen (secondary N) is 1. The number of benzene rings is 2. The van der Waals surface area contributed by atoms with Gasteiger partial charge in [-0.05, 0) is 50.8 Å². The lowest BCUT2D eigenvalue weighted by Crippen LogP contribution is -2.39. The lowest BCUT2D eigenvalue weighted by atomic mass is 9.98. The number of nitrogens with zero attached hydrogens (tertiary/aromatic N) is 3. The van der Waals surface area contributed by atoms with E-state index in [2.05, 4.69) is 23.3 Å². The van der Waals surface area contributed by atoms with Gasteiger partial charge in [-0.25, -0.2) is 4.39 Å². The molecule has 2 aromatic carbocycles. The van der Waals surface area contributed by atoms with Gasteiger partial charge in [0.25, 0.3) is 0 Å². The molecule has 0 spiro atoms. The van der Waals surface area contributed by atoms with Gasteiger partial charge >= 0.3 is 0 Å². The van der Waals surface area contributed by atoms with E-state index in [0.29, 0.717) is 12.1 Å². The van der Waals surface area contributed by atoms with Crippen molar-refractivity contribution in [2.24, 2.45) is 0 Å². The third-order valence-corrected chi connectivity index (χ3v) is 5.38. The van der Waals surface area contributed by atoms with E-state index in [1.807, 2.05) is 31.1 Å². The molecule has 0 atom stereocenters. The van der Waals surface area contributed by atoms with Crippen LogP contribution in [-0.2, 0) is 24.3 Å². The van der Waals surface area contributed by atoms with E-state index in [1.165, 1.54) is 17.2 Å². The fourth-order valence-corrected chi connectivity index (χ4v) is 3.64. The van der Waals surface area contributed by atoms with Gasteiger partial charge in [-0.3, -0.25) is 4.79 Å². The van der Waals surface area contributed by atoms with Crippen molar-refractivity contribution in [1.82, 2.24) is 14.7 Å². The quantitative estimate of drug-likeness (QED) is 0.742. The third-order valence-electron chi connectivity index (χ3n) is 5.38. The maximum absolute atomic E-state index is 14.1. The summed E-state index contributed by atoms with van der Waals surface area (Å²) in [5, 5.41) is 3.34. The predicted molar refractivity (Wildman–Crippen MR) is 115 cm³/mol. The molecule has 0 aromatic heterocycles. The molecule has 1 aliphatic rings. The first-order valence-corrected chi connectivity index (χ1v) is 10.1. The topological polar surface area (TPSA) is 38.8 Å². The molecule has 0 bridgehead atoms. The molecule has 0 radical (unpaired) electrons. The summed E-state index contributed by atoms with van der Waals surface area (Å²) >= 11 is 0. The van der Waals surface area contributed by atoms with Crippen LogP contribution < -0.4 is 5.32 Å². The minimum absolute atomic E-state index is 0.0272. The Labute approximate surface area is 173 Å². The Kier molecular flexibility index (Phi) is 7.23. The Bertz CT molecular complexity index is 839. The lowest BCUT2D eigenvalue weighted by molar-refractivity contribution is -0.130. The standard InChI is InChI=1S/C23H31FN4O/c1-26(2)13-14-28(17-19-7-4-5-9-21(19)24)23(29)15-25-22-10-6-8-18-16-27(3)12-11-20(18)22/h4-10,25H,11-17H2,1-3H3. The smallest absolute Gasteiger partial charge is 0.242 e. The number of hydrogen-bond donors (Lipinski definition) is 1. The van der Waals surface area contributed by atoms with Crippen LogP contribution in [0.1, 0.15) is 16.7 Å². The Morgan fingerprint density at radius 2 is 1.93 bits per heavy atom. The number of carbonyl (C=O) groups is 1. The first-order valence-electron chi connectivity index (χ1n) is 10.1. The second-order valence-electron chi connectivity index (χ2n) is 7.99. The van der Waals surface area contributed by atoms with Crippen LogP contribution in [0.3, 0.4) is 0 Å². The van der Waals surface area contributed by atoms with Crippen molar-refractivity contribution in [3.8, 4) is 0 Å². The van der Waals surface area contributed by atoms with Crippen LogP contribution >= 0.6 is 0 Å². The van der Waals surface area contributed by atoms with Crippen molar-refractivity contribution in [2.45, 2.75) is 19.5 Å². The number of carbonyl (C=O) groups excluding carboxylic acids is 1. The van der Waals surface area contributed by atoms with E-state index in [-0.39, 0.29) is 24.8 Å². The van der Waals surface area contributed by atoms with Gasteiger partial charge in [-0.15, -0.1) is 0 Å². The van der Waals surface area contributed by atoms with Crippen molar-refractivity contribution in [3.05, 3.63) is 65.0 Å². The average Bonchev–Trinajstić information content (AvgIpc) is 2.70. The minimum atomic E-state index is -0.274. The molecule has 3 rings (SSSR count). The Morgan fingerprint density at radius 3 is 2.69 bits per heavy atom. The Hall–Kier alpha value is -2.44. The summed E-state index contributed by atoms with van der Waals surface area (Å²) in [6, 6.07) is 12.9. The molecule has 0 fully saturated rings. The summed E-state index contributed by atoms with van der Waals surface area (Å²) in [6.07, 6.45) is 0.975. The molecule has 1 N–H and O–H groups in total. The second kappa shape index (κ2) is 9.85. The highest BCUT2D eigenvalue weighted by Crippen LogP contribution is 2.25. The summed E-state index contributed by atoms with van der Waals surface area (Å²) < 4.78 is 14.1. The van der Waals surface area contributed by atoms with Gasteiger partial charge in [0, 0.05) is 44.0 Å². The largest absolute Gasteiger partial charge is 0.376 e. The van der Waals surface area contributed by atoms with Gasteiger partial charge in [0.1, 0.15) is 5.82 Å². The molecule has 156 valence electrons. The number of anilines is 1. The lowest BCUT2D eigenvalue weighted by Gasteiger charge is -2.28. The van der Waals surface area contributed by atoms with Crippen LogP contribution in [0.15, 0.2) is 42.5 Å². The summed E-state index contributed by atoms with van der Waals surface area (Å²) in [5.41, 5.74) is 4.18. The first kappa shape index (κ1) is 21.3. The van der Waals surface area contributed by atoms with Crippen LogP contribution in [0.4, 0.5) is 10.1 Å². The maximum Gasteiger partial charge on any atom is 0.242 e. The molecular formula is C23H31FN4O. The Balaban J connectivity index is 1.68. The average molecular weight is 399 g/mol. The summed E-state index contributed by atoms with van der Waals surface area (Å²) in [5.74, 6) is -0.301. The maximum atomic E-state index is 14.1. The number of rotatable bonds is 8. The van der Waals surface area contributed by atoms with E-state index < -0.39 is 0 Å². The normalized spacial score (nSPS) is 14.0. The fourth-order valence-electron chi connectivity index (χ4n) is 3.64. The third kappa shape index (κ3) is 5.78. The van der Waals surface area contributed by atoms with E-state index in [9.17, 15) is 9.18 Å². The number of likely N-dealkylation sites (N-methyl/N-ethyl adjacent to an activating group) is 2. The molecule has 0 aliphatic carbocycles. The molecule has 0 unspecified atom stereocenters. The molecule has 0 saturated carbocycles. The van der Waals surface area contributed by atoms with Crippen molar-refractivity contribution in [2.75, 3.05) is 52.6 Å². The van der Waals surface area contributed by atoms with Gasteiger partial charge in [0.2, 0.25) is 5.91 Å². The monoisotopic (exact) mass is 398 g/mol. The van der Waals surface area contributed by atoms with Crippen molar-refractivity contribution in [3.63, 3.8) is 0 Å². The number of amides is 1. The van der Waals surface area contributed by atoms with Crippen LogP contribution in [0.5, 0.6) is 0 Å². The highest BCUT2D eigenvalue weighted by molar-refractivity contribution is 5.81. The molecule has 2 aromatic rings. The van der Waals surface area contributed by atoms with Gasteiger partial charge in [0.05, 0.1) is 6.54 Å². The SMILES string of the molecule is CN(C)CCN(Cc1ccccc1F)C(=O)CNc1cccc2c1CCN(C)C2.